The lowest BCUT2D eigenvalue weighted by molar-refractivity contribution is -0.301. The Morgan fingerprint density at radius 2 is 0.867 bits per heavy atom. The number of allylic oxidation sites excluding steroid dienone is 20. The number of ether oxygens (including phenoxy) is 5. The largest absolute Gasteiger partial charge is 0.479 e. The van der Waals surface area contributed by atoms with Crippen LogP contribution in [0.15, 0.2) is 122 Å². The van der Waals surface area contributed by atoms with Gasteiger partial charge in [-0.1, -0.05) is 187 Å². The minimum Gasteiger partial charge on any atom is -0.479 e. The predicted octanol–water partition coefficient (Wildman–Crippen LogP) is 14.4. The molecule has 422 valence electrons. The van der Waals surface area contributed by atoms with E-state index in [9.17, 15) is 34.5 Å². The molecule has 1 fully saturated rings. The van der Waals surface area contributed by atoms with Crippen LogP contribution in [0.5, 0.6) is 0 Å². The van der Waals surface area contributed by atoms with Crippen molar-refractivity contribution in [1.82, 2.24) is 0 Å². The zero-order valence-electron chi connectivity index (χ0n) is 46.2. The van der Waals surface area contributed by atoms with Crippen molar-refractivity contribution in [3.05, 3.63) is 122 Å². The van der Waals surface area contributed by atoms with Crippen LogP contribution in [0.2, 0.25) is 0 Å². The first-order chi connectivity index (χ1) is 36.6. The second kappa shape index (κ2) is 50.0. The van der Waals surface area contributed by atoms with Gasteiger partial charge in [0.2, 0.25) is 0 Å². The van der Waals surface area contributed by atoms with E-state index in [1.165, 1.54) is 19.3 Å². The maximum Gasteiger partial charge on any atom is 0.335 e. The Morgan fingerprint density at radius 3 is 1.35 bits per heavy atom. The molecule has 1 aliphatic rings. The van der Waals surface area contributed by atoms with Gasteiger partial charge in [-0.3, -0.25) is 14.4 Å². The summed E-state index contributed by atoms with van der Waals surface area (Å²) in [5.41, 5.74) is 0. The molecule has 0 aromatic heterocycles. The van der Waals surface area contributed by atoms with Gasteiger partial charge in [0.05, 0.1) is 6.61 Å². The molecule has 1 aliphatic heterocycles. The molecule has 0 aliphatic carbocycles. The third-order valence-electron chi connectivity index (χ3n) is 12.0. The molecule has 0 amide bonds. The SMILES string of the molecule is CC/C=C\C/C=C\C/C=C\C/C=C\CCC(=O)OCC(COC1OC(C(=O)O)C(O)C(O)C1OC(=O)CCCCCCCC/C=C\C/C=C\C/C=C\CCCCC)OC(=O)CCCCC/C=C\C/C=C\C/C=C\CC. The average molecular weight is 1050 g/mol. The number of aliphatic carboxylic acids is 1. The minimum absolute atomic E-state index is 0.0290. The van der Waals surface area contributed by atoms with Crippen LogP contribution in [0.25, 0.3) is 0 Å². The van der Waals surface area contributed by atoms with Crippen LogP contribution in [-0.4, -0.2) is 89.2 Å². The van der Waals surface area contributed by atoms with Gasteiger partial charge in [-0.2, -0.15) is 0 Å². The highest BCUT2D eigenvalue weighted by Gasteiger charge is 2.50. The van der Waals surface area contributed by atoms with E-state index < -0.39 is 67.3 Å². The average Bonchev–Trinajstić information content (AvgIpc) is 3.39. The van der Waals surface area contributed by atoms with Gasteiger partial charge >= 0.3 is 23.9 Å². The summed E-state index contributed by atoms with van der Waals surface area (Å²) in [6.07, 6.45) is 56.2. The van der Waals surface area contributed by atoms with Gasteiger partial charge in [-0.25, -0.2) is 4.79 Å². The monoisotopic (exact) mass is 1050 g/mol. The van der Waals surface area contributed by atoms with Crippen LogP contribution >= 0.6 is 0 Å². The summed E-state index contributed by atoms with van der Waals surface area (Å²) in [5.74, 6) is -3.31. The Bertz CT molecular complexity index is 1770. The topological polar surface area (TPSA) is 175 Å². The van der Waals surface area contributed by atoms with E-state index >= 15 is 0 Å². The summed E-state index contributed by atoms with van der Waals surface area (Å²) in [6, 6.07) is 0. The molecular weight excluding hydrogens is 949 g/mol. The fraction of sp³-hybridized carbons (Fsp3) is 0.619. The molecule has 12 nitrogen and oxygen atoms in total. The van der Waals surface area contributed by atoms with E-state index in [1.807, 2.05) is 12.2 Å². The van der Waals surface area contributed by atoms with Gasteiger partial charge in [0.25, 0.3) is 0 Å². The summed E-state index contributed by atoms with van der Waals surface area (Å²) in [6.45, 7) is 5.61. The molecule has 12 heteroatoms. The zero-order valence-corrected chi connectivity index (χ0v) is 46.2. The molecule has 0 spiro atoms. The van der Waals surface area contributed by atoms with Crippen molar-refractivity contribution >= 4 is 23.9 Å². The minimum atomic E-state index is -1.93. The lowest BCUT2D eigenvalue weighted by Crippen LogP contribution is -2.61. The normalized spacial score (nSPS) is 19.1. The quantitative estimate of drug-likeness (QED) is 0.0228. The van der Waals surface area contributed by atoms with E-state index in [2.05, 4.69) is 130 Å². The van der Waals surface area contributed by atoms with E-state index in [4.69, 9.17) is 23.7 Å². The highest BCUT2D eigenvalue weighted by molar-refractivity contribution is 5.74. The molecule has 0 aromatic carbocycles. The number of rotatable bonds is 46. The van der Waals surface area contributed by atoms with Gasteiger partial charge in [0.1, 0.15) is 18.8 Å². The first-order valence-corrected chi connectivity index (χ1v) is 28.5. The van der Waals surface area contributed by atoms with E-state index in [0.29, 0.717) is 19.3 Å². The molecule has 6 atom stereocenters. The van der Waals surface area contributed by atoms with Gasteiger partial charge in [-0.05, 0) is 116 Å². The highest BCUT2D eigenvalue weighted by Crippen LogP contribution is 2.26. The number of unbranched alkanes of at least 4 members (excludes halogenated alkanes) is 12. The Labute approximate surface area is 452 Å². The third-order valence-corrected chi connectivity index (χ3v) is 12.0. The second-order valence-electron chi connectivity index (χ2n) is 18.8. The highest BCUT2D eigenvalue weighted by atomic mass is 16.7. The van der Waals surface area contributed by atoms with Crippen LogP contribution in [0, 0.1) is 0 Å². The number of esters is 3. The molecule has 3 N–H and O–H groups in total. The standard InChI is InChI=1S/C63H98O12/c1-4-7-10-13-16-19-22-25-26-27-28-29-30-33-36-39-42-45-48-51-57(66)74-61-59(68)58(67)60(62(69)70)75-63(61)72-53-54(73-56(65)50-47-44-41-38-35-32-24-21-18-15-12-9-6-3)52-71-55(64)49-46-43-40-37-34-31-23-20-17-14-11-8-5-2/h8-9,11-12,16-21,25-26,28-29,31-32,34-35,40,43,54,58-61,63,67-68H,4-7,10,13-15,22-24,27,30,33,36-39,41-42,44-53H2,1-3H3,(H,69,70)/b11-8-,12-9-,19-16-,20-17-,21-18-,26-25-,29-28-,34-31-,35-32-,43-40-. The van der Waals surface area contributed by atoms with Crippen LogP contribution < -0.4 is 0 Å². The number of aliphatic hydroxyl groups excluding tert-OH is 2. The van der Waals surface area contributed by atoms with Crippen molar-refractivity contribution in [2.75, 3.05) is 13.2 Å². The summed E-state index contributed by atoms with van der Waals surface area (Å²) < 4.78 is 28.2. The number of carbonyl (C=O) groups excluding carboxylic acids is 3. The molecular formula is C63H98O12. The van der Waals surface area contributed by atoms with Crippen LogP contribution in [-0.2, 0) is 42.9 Å². The summed E-state index contributed by atoms with van der Waals surface area (Å²) in [4.78, 5) is 51.0. The second-order valence-corrected chi connectivity index (χ2v) is 18.8. The van der Waals surface area contributed by atoms with Gasteiger partial charge in [0, 0.05) is 19.3 Å². The number of hydrogen-bond donors (Lipinski definition) is 3. The molecule has 0 bridgehead atoms. The van der Waals surface area contributed by atoms with E-state index in [-0.39, 0.29) is 25.9 Å². The van der Waals surface area contributed by atoms with Gasteiger partial charge < -0.3 is 39.0 Å². The number of carboxylic acids is 1. The molecule has 1 heterocycles. The number of carbonyl (C=O) groups is 4. The Hall–Kier alpha value is -4.88. The zero-order chi connectivity index (χ0) is 54.7. The molecule has 0 aromatic rings. The number of hydrogen-bond acceptors (Lipinski definition) is 11. The van der Waals surface area contributed by atoms with Gasteiger partial charge in [-0.15, -0.1) is 0 Å². The van der Waals surface area contributed by atoms with Crippen molar-refractivity contribution in [1.29, 1.82) is 0 Å². The molecule has 75 heavy (non-hydrogen) atoms. The molecule has 1 rings (SSSR count). The number of carboxylic acid groups (broad SMARTS) is 1. The smallest absolute Gasteiger partial charge is 0.335 e. The predicted molar refractivity (Wildman–Crippen MR) is 303 cm³/mol. The molecule has 6 unspecified atom stereocenters. The summed E-state index contributed by atoms with van der Waals surface area (Å²) in [5, 5.41) is 31.4. The summed E-state index contributed by atoms with van der Waals surface area (Å²) >= 11 is 0. The van der Waals surface area contributed by atoms with Crippen LogP contribution in [0.1, 0.15) is 201 Å². The fourth-order valence-corrected chi connectivity index (χ4v) is 7.69. The van der Waals surface area contributed by atoms with Crippen LogP contribution in [0.3, 0.4) is 0 Å². The Morgan fingerprint density at radius 1 is 0.453 bits per heavy atom. The maximum atomic E-state index is 13.1. The van der Waals surface area contributed by atoms with Crippen molar-refractivity contribution in [3.8, 4) is 0 Å². The fourth-order valence-electron chi connectivity index (χ4n) is 7.69. The first kappa shape index (κ1) is 68.1. The van der Waals surface area contributed by atoms with Crippen molar-refractivity contribution in [2.45, 2.75) is 237 Å². The Balaban J connectivity index is 2.75. The third kappa shape index (κ3) is 40.1. The van der Waals surface area contributed by atoms with Gasteiger partial charge in [0.15, 0.2) is 24.6 Å². The lowest BCUT2D eigenvalue weighted by atomic mass is 9.98. The summed E-state index contributed by atoms with van der Waals surface area (Å²) in [7, 11) is 0. The maximum absolute atomic E-state index is 13.1. The van der Waals surface area contributed by atoms with Crippen molar-refractivity contribution in [2.24, 2.45) is 0 Å². The van der Waals surface area contributed by atoms with E-state index in [0.717, 1.165) is 122 Å². The van der Waals surface area contributed by atoms with Crippen molar-refractivity contribution in [3.63, 3.8) is 0 Å². The molecule has 0 radical (unpaired) electrons. The van der Waals surface area contributed by atoms with Crippen molar-refractivity contribution < 1.29 is 58.2 Å². The molecule has 0 saturated carbocycles. The van der Waals surface area contributed by atoms with Crippen LogP contribution in [0.4, 0.5) is 0 Å². The Kier molecular flexibility index (Phi) is 45.4. The number of aliphatic hydroxyl groups is 2. The van der Waals surface area contributed by atoms with E-state index in [1.54, 1.807) is 0 Å². The molecule has 1 saturated heterocycles. The lowest BCUT2D eigenvalue weighted by Gasteiger charge is -2.40. The first-order valence-electron chi connectivity index (χ1n) is 28.5.